The monoisotopic (exact) mass is 492 g/mol. The lowest BCUT2D eigenvalue weighted by Gasteiger charge is -2.36. The van der Waals surface area contributed by atoms with E-state index in [1.165, 1.54) is 128 Å². The molecule has 0 aromatic heterocycles. The molecular weight excluding hydrogens is 444 g/mol. The van der Waals surface area contributed by atoms with Crippen molar-refractivity contribution in [2.45, 2.75) is 153 Å². The molecule has 0 radical (unpaired) electrons. The molecule has 0 aromatic rings. The second-order valence-electron chi connectivity index (χ2n) is 10.4. The maximum absolute atomic E-state index is 10.1. The molecule has 9 heteroatoms. The van der Waals surface area contributed by atoms with Crippen molar-refractivity contribution in [3.8, 4) is 0 Å². The number of rotatable bonds is 4. The summed E-state index contributed by atoms with van der Waals surface area (Å²) in [4.78, 5) is 0. The molecule has 0 saturated heterocycles. The normalized spacial score (nSPS) is 24.7. The van der Waals surface area contributed by atoms with Crippen LogP contribution in [0.4, 0.5) is 0 Å². The second kappa shape index (κ2) is 15.7. The Morgan fingerprint density at radius 3 is 0.727 bits per heavy atom. The Labute approximate surface area is 201 Å². The molecule has 0 spiro atoms. The summed E-state index contributed by atoms with van der Waals surface area (Å²) in [5.74, 6) is 0. The van der Waals surface area contributed by atoms with Gasteiger partial charge >= 0.3 is 10.4 Å². The summed E-state index contributed by atoms with van der Waals surface area (Å²) in [6.07, 6.45) is 25.7. The van der Waals surface area contributed by atoms with Crippen LogP contribution >= 0.6 is 0 Å². The summed E-state index contributed by atoms with van der Waals surface area (Å²) >= 11 is 0. The molecule has 0 unspecified atom stereocenters. The minimum absolute atomic E-state index is 0.479. The zero-order chi connectivity index (χ0) is 24.1. The van der Waals surface area contributed by atoms with Crippen LogP contribution in [0.1, 0.15) is 128 Å². The van der Waals surface area contributed by atoms with E-state index < -0.39 is 10.4 Å². The topological polar surface area (TPSA) is 122 Å². The molecule has 0 aromatic carbocycles. The van der Waals surface area contributed by atoms with E-state index >= 15 is 0 Å². The minimum atomic E-state index is -4.67. The van der Waals surface area contributed by atoms with Gasteiger partial charge in [0, 0.05) is 24.2 Å². The lowest BCUT2D eigenvalue weighted by atomic mass is 9.90. The smallest absolute Gasteiger partial charge is 0.313 e. The van der Waals surface area contributed by atoms with Crippen molar-refractivity contribution in [3.05, 3.63) is 0 Å². The summed E-state index contributed by atoms with van der Waals surface area (Å²) in [6, 6.07) is 1.91. The van der Waals surface area contributed by atoms with Gasteiger partial charge in [-0.05, 0) is 51.4 Å². The Bertz CT molecular complexity index is 514. The van der Waals surface area contributed by atoms with E-state index in [9.17, 15) is 10.4 Å². The van der Waals surface area contributed by atoms with Crippen LogP contribution in [0, 0.1) is 0 Å². The van der Waals surface area contributed by atoms with Gasteiger partial charge in [-0.1, -0.05) is 77.0 Å². The maximum atomic E-state index is 10.1. The van der Waals surface area contributed by atoms with Gasteiger partial charge in [0.15, 0.2) is 0 Å². The summed E-state index contributed by atoms with van der Waals surface area (Å²) in [5.41, 5.74) is 0. The molecule has 0 aliphatic heterocycles. The Morgan fingerprint density at radius 1 is 0.424 bits per heavy atom. The number of nitrogens with zero attached hydrogens (tertiary/aromatic N) is 2. The Morgan fingerprint density at radius 2 is 0.576 bits per heavy atom. The lowest BCUT2D eigenvalue weighted by molar-refractivity contribution is -0.173. The molecule has 196 valence electrons. The average molecular weight is 493 g/mol. The maximum Gasteiger partial charge on any atom is 0.394 e. The van der Waals surface area contributed by atoms with Gasteiger partial charge in [-0.15, -0.1) is 0 Å². The van der Waals surface area contributed by atoms with Gasteiger partial charge in [-0.2, -0.15) is 18.5 Å². The molecule has 33 heavy (non-hydrogen) atoms. The summed E-state index contributed by atoms with van der Waals surface area (Å²) in [7, 11) is -4.67. The Kier molecular flexibility index (Phi) is 13.7. The van der Waals surface area contributed by atoms with Crippen LogP contribution in [0.25, 0.3) is 0 Å². The first-order chi connectivity index (χ1) is 15.8. The predicted octanol–water partition coefficient (Wildman–Crippen LogP) is 6.03. The fourth-order valence-electron chi connectivity index (χ4n) is 5.98. The Hall–Kier alpha value is -0.290. The third-order valence-corrected chi connectivity index (χ3v) is 7.80. The van der Waals surface area contributed by atoms with Crippen molar-refractivity contribution in [2.24, 2.45) is 0 Å². The molecule has 4 aliphatic carbocycles. The van der Waals surface area contributed by atoms with E-state index in [1.54, 1.807) is 10.1 Å². The van der Waals surface area contributed by atoms with Crippen molar-refractivity contribution in [2.75, 3.05) is 0 Å². The van der Waals surface area contributed by atoms with Gasteiger partial charge in [-0.3, -0.25) is 9.11 Å². The van der Waals surface area contributed by atoms with Crippen LogP contribution in [0.15, 0.2) is 0 Å². The van der Waals surface area contributed by atoms with E-state index in [4.69, 9.17) is 17.5 Å². The first-order valence-electron chi connectivity index (χ1n) is 13.4. The summed E-state index contributed by atoms with van der Waals surface area (Å²) in [6.45, 7) is 0. The van der Waals surface area contributed by atoms with Gasteiger partial charge in [0.05, 0.1) is 0 Å². The number of hydrogen-bond donors (Lipinski definition) is 4. The van der Waals surface area contributed by atoms with E-state index in [0.29, 0.717) is 24.2 Å². The third-order valence-electron chi connectivity index (χ3n) is 7.80. The lowest BCUT2D eigenvalue weighted by Crippen LogP contribution is -2.42. The predicted molar refractivity (Wildman–Crippen MR) is 129 cm³/mol. The third kappa shape index (κ3) is 12.3. The fraction of sp³-hybridized carbons (Fsp3) is 1.00. The van der Waals surface area contributed by atoms with Crippen LogP contribution in [0.5, 0.6) is 0 Å². The molecule has 0 heterocycles. The highest BCUT2D eigenvalue weighted by molar-refractivity contribution is 7.79. The molecule has 4 fully saturated rings. The number of hydrogen-bond acceptors (Lipinski definition) is 6. The van der Waals surface area contributed by atoms with Gasteiger partial charge in [0.2, 0.25) is 0 Å². The standard InChI is InChI=1S/2C12H23NO.H2O4S/c2*14-13(11-7-3-1-4-8-11)12-9-5-2-6-10-12;1-5(2,3)4/h2*11-12,14H,1-10H2;(H2,1,2,3,4). The highest BCUT2D eigenvalue weighted by Gasteiger charge is 2.28. The minimum Gasteiger partial charge on any atom is -0.313 e. The van der Waals surface area contributed by atoms with E-state index in [0.717, 1.165) is 0 Å². The zero-order valence-corrected chi connectivity index (χ0v) is 21.2. The van der Waals surface area contributed by atoms with Crippen molar-refractivity contribution in [1.29, 1.82) is 0 Å². The molecule has 4 saturated carbocycles. The zero-order valence-electron chi connectivity index (χ0n) is 20.4. The molecule has 0 atom stereocenters. The first kappa shape index (κ1) is 28.9. The van der Waals surface area contributed by atoms with Crippen LogP contribution in [-0.4, -0.2) is 62.2 Å². The van der Waals surface area contributed by atoms with E-state index in [2.05, 4.69) is 0 Å². The van der Waals surface area contributed by atoms with Gasteiger partial charge < -0.3 is 10.4 Å². The molecule has 0 bridgehead atoms. The van der Waals surface area contributed by atoms with Crippen LogP contribution in [0.3, 0.4) is 0 Å². The number of hydroxylamine groups is 4. The van der Waals surface area contributed by atoms with Crippen molar-refractivity contribution < 1.29 is 27.9 Å². The molecule has 4 N–H and O–H groups in total. The fourth-order valence-corrected chi connectivity index (χ4v) is 5.98. The van der Waals surface area contributed by atoms with Crippen molar-refractivity contribution >= 4 is 10.4 Å². The van der Waals surface area contributed by atoms with Crippen LogP contribution in [0.2, 0.25) is 0 Å². The SMILES string of the molecule is O=S(=O)(O)O.ON(C1CCCCC1)C1CCCCC1.ON(C1CCCCC1)C1CCCCC1. The van der Waals surface area contributed by atoms with E-state index in [-0.39, 0.29) is 0 Å². The quantitative estimate of drug-likeness (QED) is 0.277. The second-order valence-corrected chi connectivity index (χ2v) is 11.3. The van der Waals surface area contributed by atoms with Crippen LogP contribution in [-0.2, 0) is 10.4 Å². The molecular formula is C24H48N2O6S. The highest BCUT2D eigenvalue weighted by atomic mass is 32.3. The summed E-state index contributed by atoms with van der Waals surface area (Å²) < 4.78 is 31.6. The first-order valence-corrected chi connectivity index (χ1v) is 14.8. The molecule has 8 nitrogen and oxygen atoms in total. The van der Waals surface area contributed by atoms with Crippen molar-refractivity contribution in [3.63, 3.8) is 0 Å². The van der Waals surface area contributed by atoms with Crippen molar-refractivity contribution in [1.82, 2.24) is 10.1 Å². The van der Waals surface area contributed by atoms with Gasteiger partial charge in [-0.25, -0.2) is 0 Å². The largest absolute Gasteiger partial charge is 0.394 e. The van der Waals surface area contributed by atoms with Gasteiger partial charge in [0.1, 0.15) is 0 Å². The molecule has 0 amide bonds. The molecule has 4 rings (SSSR count). The molecule has 4 aliphatic rings. The van der Waals surface area contributed by atoms with E-state index in [1.807, 2.05) is 0 Å². The summed E-state index contributed by atoms with van der Waals surface area (Å²) in [5, 5.41) is 23.7. The highest BCUT2D eigenvalue weighted by Crippen LogP contribution is 2.29. The van der Waals surface area contributed by atoms with Crippen LogP contribution < -0.4 is 0 Å². The Balaban J connectivity index is 0.000000195. The van der Waals surface area contributed by atoms with Gasteiger partial charge in [0.25, 0.3) is 0 Å². The average Bonchev–Trinajstić information content (AvgIpc) is 2.85.